The molecule has 0 heterocycles. The van der Waals surface area contributed by atoms with Crippen LogP contribution in [0.5, 0.6) is 0 Å². The highest BCUT2D eigenvalue weighted by Gasteiger charge is 2.18. The van der Waals surface area contributed by atoms with Gasteiger partial charge < -0.3 is 10.4 Å². The summed E-state index contributed by atoms with van der Waals surface area (Å²) in [7, 11) is 0. The van der Waals surface area contributed by atoms with Crippen LogP contribution in [-0.2, 0) is 0 Å². The molecule has 0 unspecified atom stereocenters. The molecule has 0 aromatic rings. The standard InChI is InChI=1S/C12H25NO/c1-2-3-4-9-13-10-11-5-7-12(14)8-6-11/h11-14H,2-10H2,1H3. The molecular formula is C12H25NO. The van der Waals surface area contributed by atoms with Gasteiger partial charge in [-0.2, -0.15) is 0 Å². The minimum absolute atomic E-state index is 0.00802. The summed E-state index contributed by atoms with van der Waals surface area (Å²) in [4.78, 5) is 0. The van der Waals surface area contributed by atoms with E-state index < -0.39 is 0 Å². The number of aliphatic hydroxyl groups is 1. The zero-order chi connectivity index (χ0) is 10.2. The molecule has 1 aliphatic rings. The number of unbranched alkanes of at least 4 members (excludes halogenated alkanes) is 2. The summed E-state index contributed by atoms with van der Waals surface area (Å²) in [6.45, 7) is 4.58. The highest BCUT2D eigenvalue weighted by atomic mass is 16.3. The minimum atomic E-state index is -0.00802. The van der Waals surface area contributed by atoms with Gasteiger partial charge >= 0.3 is 0 Å². The molecule has 0 bridgehead atoms. The molecule has 1 fully saturated rings. The molecule has 0 saturated heterocycles. The predicted molar refractivity (Wildman–Crippen MR) is 60.4 cm³/mol. The van der Waals surface area contributed by atoms with E-state index in [0.717, 1.165) is 25.3 Å². The van der Waals surface area contributed by atoms with Crippen molar-refractivity contribution in [2.45, 2.75) is 58.0 Å². The van der Waals surface area contributed by atoms with Gasteiger partial charge in [-0.25, -0.2) is 0 Å². The van der Waals surface area contributed by atoms with Gasteiger partial charge in [0.2, 0.25) is 0 Å². The van der Waals surface area contributed by atoms with E-state index in [2.05, 4.69) is 12.2 Å². The number of nitrogens with one attached hydrogen (secondary N) is 1. The number of rotatable bonds is 6. The van der Waals surface area contributed by atoms with E-state index in [1.54, 1.807) is 0 Å². The van der Waals surface area contributed by atoms with Gasteiger partial charge in [-0.3, -0.25) is 0 Å². The van der Waals surface area contributed by atoms with Gasteiger partial charge in [0.25, 0.3) is 0 Å². The van der Waals surface area contributed by atoms with Crippen LogP contribution < -0.4 is 5.32 Å². The Kier molecular flexibility index (Phi) is 6.20. The maximum Gasteiger partial charge on any atom is 0.0540 e. The number of aliphatic hydroxyl groups excluding tert-OH is 1. The fourth-order valence-electron chi connectivity index (χ4n) is 2.16. The third kappa shape index (κ3) is 4.97. The molecule has 2 nitrogen and oxygen atoms in total. The molecule has 2 N–H and O–H groups in total. The summed E-state index contributed by atoms with van der Waals surface area (Å²) in [5, 5.41) is 12.9. The second-order valence-corrected chi connectivity index (χ2v) is 4.59. The first-order chi connectivity index (χ1) is 6.83. The average Bonchev–Trinajstić information content (AvgIpc) is 2.21. The van der Waals surface area contributed by atoms with Gasteiger partial charge in [0, 0.05) is 0 Å². The molecule has 2 heteroatoms. The fraction of sp³-hybridized carbons (Fsp3) is 1.00. The minimum Gasteiger partial charge on any atom is -0.393 e. The van der Waals surface area contributed by atoms with Crippen LogP contribution >= 0.6 is 0 Å². The third-order valence-electron chi connectivity index (χ3n) is 3.21. The van der Waals surface area contributed by atoms with E-state index in [1.165, 1.54) is 38.6 Å². The Labute approximate surface area is 88.1 Å². The molecule has 0 radical (unpaired) electrons. The van der Waals surface area contributed by atoms with Crippen molar-refractivity contribution in [1.29, 1.82) is 0 Å². The van der Waals surface area contributed by atoms with Crippen molar-refractivity contribution in [2.24, 2.45) is 5.92 Å². The van der Waals surface area contributed by atoms with E-state index in [4.69, 9.17) is 0 Å². The van der Waals surface area contributed by atoms with Crippen LogP contribution in [-0.4, -0.2) is 24.3 Å². The quantitative estimate of drug-likeness (QED) is 0.643. The molecule has 1 saturated carbocycles. The molecule has 0 aliphatic heterocycles. The van der Waals surface area contributed by atoms with Crippen LogP contribution in [0.3, 0.4) is 0 Å². The molecule has 0 aromatic carbocycles. The van der Waals surface area contributed by atoms with E-state index in [1.807, 2.05) is 0 Å². The van der Waals surface area contributed by atoms with Crippen molar-refractivity contribution in [2.75, 3.05) is 13.1 Å². The first-order valence-corrected chi connectivity index (χ1v) is 6.21. The van der Waals surface area contributed by atoms with Gasteiger partial charge in [-0.05, 0) is 51.1 Å². The highest BCUT2D eigenvalue weighted by molar-refractivity contribution is 4.72. The van der Waals surface area contributed by atoms with Crippen LogP contribution in [0.15, 0.2) is 0 Å². The van der Waals surface area contributed by atoms with Crippen molar-refractivity contribution in [3.8, 4) is 0 Å². The average molecular weight is 199 g/mol. The van der Waals surface area contributed by atoms with Gasteiger partial charge in [0.05, 0.1) is 6.10 Å². The van der Waals surface area contributed by atoms with Crippen molar-refractivity contribution < 1.29 is 5.11 Å². The molecule has 0 atom stereocenters. The first-order valence-electron chi connectivity index (χ1n) is 6.21. The maximum atomic E-state index is 9.35. The van der Waals surface area contributed by atoms with Crippen molar-refractivity contribution in [3.63, 3.8) is 0 Å². The van der Waals surface area contributed by atoms with Gasteiger partial charge in [-0.15, -0.1) is 0 Å². The monoisotopic (exact) mass is 199 g/mol. The fourth-order valence-corrected chi connectivity index (χ4v) is 2.16. The van der Waals surface area contributed by atoms with Crippen LogP contribution in [0.25, 0.3) is 0 Å². The van der Waals surface area contributed by atoms with Crippen LogP contribution in [0.2, 0.25) is 0 Å². The summed E-state index contributed by atoms with van der Waals surface area (Å²) < 4.78 is 0. The Morgan fingerprint density at radius 2 is 1.86 bits per heavy atom. The van der Waals surface area contributed by atoms with Crippen LogP contribution in [0, 0.1) is 5.92 Å². The predicted octanol–water partition coefficient (Wildman–Crippen LogP) is 2.32. The summed E-state index contributed by atoms with van der Waals surface area (Å²) in [6, 6.07) is 0. The second-order valence-electron chi connectivity index (χ2n) is 4.59. The smallest absolute Gasteiger partial charge is 0.0540 e. The molecule has 14 heavy (non-hydrogen) atoms. The Morgan fingerprint density at radius 3 is 2.50 bits per heavy atom. The van der Waals surface area contributed by atoms with Crippen molar-refractivity contribution in [3.05, 3.63) is 0 Å². The largest absolute Gasteiger partial charge is 0.393 e. The van der Waals surface area contributed by atoms with E-state index >= 15 is 0 Å². The van der Waals surface area contributed by atoms with Gasteiger partial charge in [0.1, 0.15) is 0 Å². The SMILES string of the molecule is CCCCCNCC1CCC(O)CC1. The Hall–Kier alpha value is -0.0800. The molecule has 1 aliphatic carbocycles. The highest BCUT2D eigenvalue weighted by Crippen LogP contribution is 2.23. The molecule has 84 valence electrons. The molecule has 0 aromatic heterocycles. The number of hydrogen-bond donors (Lipinski definition) is 2. The molecule has 1 rings (SSSR count). The Bertz CT molecular complexity index is 130. The molecular weight excluding hydrogens is 174 g/mol. The van der Waals surface area contributed by atoms with Crippen LogP contribution in [0.1, 0.15) is 51.9 Å². The number of hydrogen-bond acceptors (Lipinski definition) is 2. The van der Waals surface area contributed by atoms with Gasteiger partial charge in [0.15, 0.2) is 0 Å². The molecule has 0 amide bonds. The van der Waals surface area contributed by atoms with Crippen molar-refractivity contribution in [1.82, 2.24) is 5.32 Å². The lowest BCUT2D eigenvalue weighted by molar-refractivity contribution is 0.108. The summed E-state index contributed by atoms with van der Waals surface area (Å²) in [5.41, 5.74) is 0. The lowest BCUT2D eigenvalue weighted by Gasteiger charge is -2.25. The van der Waals surface area contributed by atoms with E-state index in [-0.39, 0.29) is 6.10 Å². The van der Waals surface area contributed by atoms with Crippen molar-refractivity contribution >= 4 is 0 Å². The second kappa shape index (κ2) is 7.24. The van der Waals surface area contributed by atoms with Gasteiger partial charge in [-0.1, -0.05) is 19.8 Å². The zero-order valence-corrected chi connectivity index (χ0v) is 9.47. The normalized spacial score (nSPS) is 27.9. The van der Waals surface area contributed by atoms with Crippen LogP contribution in [0.4, 0.5) is 0 Å². The first kappa shape index (κ1) is 12.0. The summed E-state index contributed by atoms with van der Waals surface area (Å²) in [6.07, 6.45) is 8.40. The topological polar surface area (TPSA) is 32.3 Å². The third-order valence-corrected chi connectivity index (χ3v) is 3.21. The zero-order valence-electron chi connectivity index (χ0n) is 9.47. The molecule has 0 spiro atoms. The summed E-state index contributed by atoms with van der Waals surface area (Å²) >= 11 is 0. The Morgan fingerprint density at radius 1 is 1.14 bits per heavy atom. The Balaban J connectivity index is 1.91. The summed E-state index contributed by atoms with van der Waals surface area (Å²) in [5.74, 6) is 0.819. The van der Waals surface area contributed by atoms with E-state index in [9.17, 15) is 5.11 Å². The lowest BCUT2D eigenvalue weighted by atomic mass is 9.87. The maximum absolute atomic E-state index is 9.35. The lowest BCUT2D eigenvalue weighted by Crippen LogP contribution is -2.28. The van der Waals surface area contributed by atoms with E-state index in [0.29, 0.717) is 0 Å².